The zero-order valence-corrected chi connectivity index (χ0v) is 25.6. The monoisotopic (exact) mass is 574 g/mol. The van der Waals surface area contributed by atoms with E-state index in [4.69, 9.17) is 41.7 Å². The Bertz CT molecular complexity index is 422. The van der Waals surface area contributed by atoms with E-state index in [-0.39, 0.29) is 0 Å². The maximum absolute atomic E-state index is 5.88. The van der Waals surface area contributed by atoms with Crippen molar-refractivity contribution in [2.75, 3.05) is 50.3 Å². The van der Waals surface area contributed by atoms with E-state index in [2.05, 4.69) is 27.7 Å². The van der Waals surface area contributed by atoms with E-state index < -0.39 is 13.0 Å². The summed E-state index contributed by atoms with van der Waals surface area (Å²) in [5.74, 6) is 2.14. The number of rotatable bonds is 23. The Labute approximate surface area is 211 Å². The molecule has 0 fully saturated rings. The molecule has 0 heterocycles. The van der Waals surface area contributed by atoms with Crippen molar-refractivity contribution in [1.29, 1.82) is 0 Å². The summed E-state index contributed by atoms with van der Waals surface area (Å²) in [6.45, 7) is 7.06. The number of hydrogen-bond donors (Lipinski definition) is 0. The maximum atomic E-state index is 5.88. The molecule has 0 N–H and O–H groups in total. The molecule has 0 aliphatic rings. The van der Waals surface area contributed by atoms with Gasteiger partial charge >= 0.3 is 0 Å². The third kappa shape index (κ3) is 18.9. The molecular weight excluding hydrogens is 535 g/mol. The van der Waals surface area contributed by atoms with Gasteiger partial charge in [-0.15, -0.1) is 0 Å². The molecule has 0 atom stereocenters. The quantitative estimate of drug-likeness (QED) is 0.0671. The molecule has 0 radical (unpaired) electrons. The van der Waals surface area contributed by atoms with Crippen molar-refractivity contribution in [2.24, 2.45) is 0 Å². The predicted octanol–water partition coefficient (Wildman–Crippen LogP) is 8.77. The fraction of sp³-hybridized carbons (Fsp3) is 1.00. The molecule has 12 heteroatoms. The molecule has 30 heavy (non-hydrogen) atoms. The molecule has 0 aromatic heterocycles. The number of hydrogen-bond acceptors (Lipinski definition) is 10. The highest BCUT2D eigenvalue weighted by molar-refractivity contribution is 9.26. The van der Waals surface area contributed by atoms with E-state index in [0.29, 0.717) is 26.4 Å². The third-order valence-electron chi connectivity index (χ3n) is 3.41. The minimum Gasteiger partial charge on any atom is -0.329 e. The molecular formula is C18H40O4P2S6. The van der Waals surface area contributed by atoms with Gasteiger partial charge in [0.15, 0.2) is 13.0 Å². The van der Waals surface area contributed by atoms with Crippen LogP contribution in [0.4, 0.5) is 0 Å². The van der Waals surface area contributed by atoms with Gasteiger partial charge < -0.3 is 18.1 Å². The first-order chi connectivity index (χ1) is 14.4. The molecule has 0 aromatic rings. The molecule has 0 amide bonds. The van der Waals surface area contributed by atoms with Gasteiger partial charge in [-0.3, -0.25) is 0 Å². The summed E-state index contributed by atoms with van der Waals surface area (Å²) in [4.78, 5) is 0. The van der Waals surface area contributed by atoms with E-state index in [1.165, 1.54) is 0 Å². The highest BCUT2D eigenvalue weighted by Gasteiger charge is 2.19. The minimum absolute atomic E-state index is 0.705. The van der Waals surface area contributed by atoms with Crippen LogP contribution in [-0.4, -0.2) is 50.3 Å². The average molecular weight is 575 g/mol. The predicted molar refractivity (Wildman–Crippen MR) is 153 cm³/mol. The van der Waals surface area contributed by atoms with Crippen molar-refractivity contribution in [3.05, 3.63) is 0 Å². The molecule has 0 bridgehead atoms. The molecule has 0 unspecified atom stereocenters. The van der Waals surface area contributed by atoms with Crippen LogP contribution in [0.1, 0.15) is 66.2 Å². The second-order valence-electron chi connectivity index (χ2n) is 6.49. The molecule has 0 saturated heterocycles. The summed E-state index contributed by atoms with van der Waals surface area (Å²) in [6, 6.07) is 0. The first-order valence-corrected chi connectivity index (χ1v) is 21.6. The van der Waals surface area contributed by atoms with Crippen LogP contribution in [0, 0.1) is 0 Å². The van der Waals surface area contributed by atoms with Crippen molar-refractivity contribution in [1.82, 2.24) is 0 Å². The summed E-state index contributed by atoms with van der Waals surface area (Å²) in [6.07, 6.45) is 7.75. The Morgan fingerprint density at radius 1 is 0.567 bits per heavy atom. The van der Waals surface area contributed by atoms with Gasteiger partial charge in [0.25, 0.3) is 0 Å². The van der Waals surface area contributed by atoms with Crippen LogP contribution in [0.2, 0.25) is 0 Å². The fourth-order valence-electron chi connectivity index (χ4n) is 2.00. The third-order valence-corrected chi connectivity index (χ3v) is 16.4. The van der Waals surface area contributed by atoms with Crippen molar-refractivity contribution in [2.45, 2.75) is 66.2 Å². The van der Waals surface area contributed by atoms with E-state index in [1.54, 1.807) is 0 Å². The molecule has 0 rings (SSSR count). The van der Waals surface area contributed by atoms with Crippen LogP contribution >= 0.6 is 54.2 Å². The normalized spacial score (nSPS) is 12.5. The lowest BCUT2D eigenvalue weighted by atomic mass is 10.5. The smallest absolute Gasteiger partial charge is 0.188 e. The highest BCUT2D eigenvalue weighted by Crippen LogP contribution is 2.51. The van der Waals surface area contributed by atoms with Gasteiger partial charge in [-0.1, -0.05) is 49.3 Å². The van der Waals surface area contributed by atoms with Gasteiger partial charge in [0.2, 0.25) is 0 Å². The summed E-state index contributed by atoms with van der Waals surface area (Å²) < 4.78 is 23.5. The zero-order chi connectivity index (χ0) is 22.6. The van der Waals surface area contributed by atoms with Gasteiger partial charge in [-0.2, -0.15) is 0 Å². The lowest BCUT2D eigenvalue weighted by Crippen LogP contribution is -2.02. The van der Waals surface area contributed by atoms with Crippen LogP contribution in [0.5, 0.6) is 0 Å². The Kier molecular flexibility index (Phi) is 23.9. The lowest BCUT2D eigenvalue weighted by Gasteiger charge is -2.22. The SMILES string of the molecule is CCCOP(=S)(CCCSSSSCCCP(=S)(OCCC)OCCC)OCCC. The fourth-order valence-corrected chi connectivity index (χ4v) is 13.8. The van der Waals surface area contributed by atoms with Gasteiger partial charge in [-0.05, 0) is 81.8 Å². The van der Waals surface area contributed by atoms with Crippen molar-refractivity contribution < 1.29 is 18.1 Å². The lowest BCUT2D eigenvalue weighted by molar-refractivity contribution is 0.246. The molecule has 182 valence electrons. The topological polar surface area (TPSA) is 36.9 Å². The van der Waals surface area contributed by atoms with Crippen molar-refractivity contribution in [3.63, 3.8) is 0 Å². The Morgan fingerprint density at radius 3 is 1.13 bits per heavy atom. The molecule has 0 spiro atoms. The van der Waals surface area contributed by atoms with Crippen molar-refractivity contribution >= 4 is 77.8 Å². The maximum Gasteiger partial charge on any atom is 0.188 e. The summed E-state index contributed by atoms with van der Waals surface area (Å²) >= 11 is 11.4. The van der Waals surface area contributed by atoms with Crippen molar-refractivity contribution in [3.8, 4) is 0 Å². The zero-order valence-electron chi connectivity index (χ0n) is 18.9. The van der Waals surface area contributed by atoms with Crippen LogP contribution < -0.4 is 0 Å². The summed E-state index contributed by atoms with van der Waals surface area (Å²) in [5, 5.41) is 0. The first-order valence-electron chi connectivity index (χ1n) is 10.8. The first kappa shape index (κ1) is 32.5. The Hall–Kier alpha value is 2.54. The largest absolute Gasteiger partial charge is 0.329 e. The van der Waals surface area contributed by atoms with E-state index in [1.807, 2.05) is 41.2 Å². The Balaban J connectivity index is 3.85. The molecule has 0 aliphatic carbocycles. The Morgan fingerprint density at radius 2 is 0.867 bits per heavy atom. The minimum atomic E-state index is -2.09. The summed E-state index contributed by atoms with van der Waals surface area (Å²) in [7, 11) is 7.44. The second kappa shape index (κ2) is 22.0. The van der Waals surface area contributed by atoms with E-state index in [9.17, 15) is 0 Å². The molecule has 0 aliphatic heterocycles. The van der Waals surface area contributed by atoms with E-state index in [0.717, 1.165) is 62.4 Å². The average Bonchev–Trinajstić information content (AvgIpc) is 2.75. The summed E-state index contributed by atoms with van der Waals surface area (Å²) in [5.41, 5.74) is 0. The van der Waals surface area contributed by atoms with Gasteiger partial charge in [0, 0.05) is 23.8 Å². The van der Waals surface area contributed by atoms with Crippen LogP contribution in [-0.2, 0) is 41.7 Å². The van der Waals surface area contributed by atoms with Crippen LogP contribution in [0.25, 0.3) is 0 Å². The standard InChI is InChI=1S/C18H40O4P2S6/c1-5-11-19-23(25,20-12-6-2)15-9-17-27-29-30-28-18-10-16-24(26,21-13-7-3)22-14-8-4/h5-18H2,1-4H3. The highest BCUT2D eigenvalue weighted by atomic mass is 33.7. The molecule has 4 nitrogen and oxygen atoms in total. The molecule has 0 saturated carbocycles. The van der Waals surface area contributed by atoms with Gasteiger partial charge in [0.1, 0.15) is 0 Å². The van der Waals surface area contributed by atoms with Gasteiger partial charge in [-0.25, -0.2) is 0 Å². The van der Waals surface area contributed by atoms with Crippen LogP contribution in [0.15, 0.2) is 0 Å². The van der Waals surface area contributed by atoms with E-state index >= 15 is 0 Å². The van der Waals surface area contributed by atoms with Gasteiger partial charge in [0.05, 0.1) is 26.4 Å². The second-order valence-corrected chi connectivity index (χ2v) is 20.4. The molecule has 0 aromatic carbocycles. The van der Waals surface area contributed by atoms with Crippen LogP contribution in [0.3, 0.4) is 0 Å².